The molecule has 2 aromatic rings. The Labute approximate surface area is 183 Å². The topological polar surface area (TPSA) is 66.8 Å². The van der Waals surface area contributed by atoms with Crippen LogP contribution in [0, 0.1) is 5.82 Å². The number of carbonyl (C=O) groups is 1. The second-order valence-corrected chi connectivity index (χ2v) is 7.41. The molecule has 0 heterocycles. The minimum Gasteiger partial charge on any atom is -0.507 e. The van der Waals surface area contributed by atoms with Gasteiger partial charge in [-0.1, -0.05) is 35.9 Å². The van der Waals surface area contributed by atoms with Gasteiger partial charge in [0.15, 0.2) is 0 Å². The molecule has 0 radical (unpaired) electrons. The lowest BCUT2D eigenvalue weighted by Crippen LogP contribution is -2.11. The number of aromatic hydroxyl groups is 1. The Hall–Kier alpha value is -3.29. The van der Waals surface area contributed by atoms with Gasteiger partial charge in [-0.15, -0.1) is 0 Å². The van der Waals surface area contributed by atoms with E-state index in [1.807, 2.05) is 13.8 Å². The first-order chi connectivity index (χ1) is 15.0. The van der Waals surface area contributed by atoms with Crippen molar-refractivity contribution in [1.29, 1.82) is 0 Å². The van der Waals surface area contributed by atoms with Crippen molar-refractivity contribution in [3.63, 3.8) is 0 Å². The van der Waals surface area contributed by atoms with Crippen LogP contribution in [0.3, 0.4) is 0 Å². The Morgan fingerprint density at radius 2 is 1.78 bits per heavy atom. The van der Waals surface area contributed by atoms with E-state index in [0.29, 0.717) is 5.56 Å². The fourth-order valence-corrected chi connectivity index (χ4v) is 2.91. The number of aromatic carboxylic acids is 1. The van der Waals surface area contributed by atoms with E-state index < -0.39 is 30.1 Å². The molecule has 32 heavy (non-hydrogen) atoms. The number of carboxylic acid groups (broad SMARTS) is 1. The highest BCUT2D eigenvalue weighted by Gasteiger charge is 2.26. The molecule has 0 aromatic heterocycles. The SMILES string of the molecule is CC(C)=CCc1c(OCCCC(F)(F)F)cc(C=Cc2ccc(F)cc2)c(C(=O)O)c1O. The molecule has 2 aromatic carbocycles. The zero-order valence-corrected chi connectivity index (χ0v) is 17.7. The lowest BCUT2D eigenvalue weighted by molar-refractivity contribution is -0.136. The van der Waals surface area contributed by atoms with Crippen LogP contribution in [0.5, 0.6) is 11.5 Å². The zero-order valence-electron chi connectivity index (χ0n) is 17.7. The van der Waals surface area contributed by atoms with E-state index in [1.165, 1.54) is 42.5 Å². The number of benzene rings is 2. The maximum absolute atomic E-state index is 13.1. The fourth-order valence-electron chi connectivity index (χ4n) is 2.91. The summed E-state index contributed by atoms with van der Waals surface area (Å²) >= 11 is 0. The largest absolute Gasteiger partial charge is 0.507 e. The average Bonchev–Trinajstić information content (AvgIpc) is 2.68. The van der Waals surface area contributed by atoms with Crippen molar-refractivity contribution in [2.24, 2.45) is 0 Å². The van der Waals surface area contributed by atoms with Gasteiger partial charge in [0.1, 0.15) is 22.9 Å². The van der Waals surface area contributed by atoms with Crippen LogP contribution in [-0.2, 0) is 6.42 Å². The van der Waals surface area contributed by atoms with Gasteiger partial charge in [-0.2, -0.15) is 13.2 Å². The van der Waals surface area contributed by atoms with Crippen LogP contribution in [-0.4, -0.2) is 29.0 Å². The quantitative estimate of drug-likeness (QED) is 0.194. The number of phenols is 1. The summed E-state index contributed by atoms with van der Waals surface area (Å²) in [6, 6.07) is 6.85. The van der Waals surface area contributed by atoms with E-state index in [9.17, 15) is 32.6 Å². The lowest BCUT2D eigenvalue weighted by Gasteiger charge is -2.16. The van der Waals surface area contributed by atoms with Crippen molar-refractivity contribution in [3.8, 4) is 11.5 Å². The Morgan fingerprint density at radius 1 is 1.12 bits per heavy atom. The fraction of sp³-hybridized carbons (Fsp3) is 0.292. The van der Waals surface area contributed by atoms with Crippen molar-refractivity contribution in [2.45, 2.75) is 39.3 Å². The standard InChI is InChI=1S/C24H24F4O4/c1-15(2)4-11-19-20(32-13-3-12-24(26,27)28)14-17(21(22(19)29)23(30)31)8-5-16-6-9-18(25)10-7-16/h4-10,14,29H,3,11-13H2,1-2H3,(H,30,31). The van der Waals surface area contributed by atoms with Crippen molar-refractivity contribution >= 4 is 18.1 Å². The van der Waals surface area contributed by atoms with Crippen molar-refractivity contribution < 1.29 is 37.3 Å². The molecule has 0 spiro atoms. The number of hydrogen-bond donors (Lipinski definition) is 2. The van der Waals surface area contributed by atoms with E-state index >= 15 is 0 Å². The van der Waals surface area contributed by atoms with Crippen LogP contribution in [0.4, 0.5) is 17.6 Å². The smallest absolute Gasteiger partial charge is 0.389 e. The van der Waals surface area contributed by atoms with E-state index in [4.69, 9.17) is 4.74 Å². The van der Waals surface area contributed by atoms with E-state index in [1.54, 1.807) is 6.08 Å². The maximum atomic E-state index is 13.1. The average molecular weight is 452 g/mol. The molecule has 0 aliphatic carbocycles. The first kappa shape index (κ1) is 25.0. The second-order valence-electron chi connectivity index (χ2n) is 7.41. The highest BCUT2D eigenvalue weighted by atomic mass is 19.4. The van der Waals surface area contributed by atoms with Crippen LogP contribution < -0.4 is 4.74 Å². The molecule has 0 unspecified atom stereocenters. The van der Waals surface area contributed by atoms with Gasteiger partial charge in [0.25, 0.3) is 0 Å². The highest BCUT2D eigenvalue weighted by molar-refractivity contribution is 5.97. The molecule has 2 rings (SSSR count). The molecule has 8 heteroatoms. The maximum Gasteiger partial charge on any atom is 0.389 e. The Morgan fingerprint density at radius 3 is 2.34 bits per heavy atom. The van der Waals surface area contributed by atoms with E-state index in [0.717, 1.165) is 5.57 Å². The molecule has 0 aliphatic rings. The number of halogens is 4. The van der Waals surface area contributed by atoms with Gasteiger partial charge >= 0.3 is 12.1 Å². The summed E-state index contributed by atoms with van der Waals surface area (Å²) in [5, 5.41) is 20.4. The number of rotatable bonds is 9. The first-order valence-corrected chi connectivity index (χ1v) is 9.86. The van der Waals surface area contributed by atoms with Gasteiger partial charge < -0.3 is 14.9 Å². The highest BCUT2D eigenvalue weighted by Crippen LogP contribution is 2.37. The third-order valence-corrected chi connectivity index (χ3v) is 4.51. The summed E-state index contributed by atoms with van der Waals surface area (Å²) in [4.78, 5) is 11.8. The molecule has 4 nitrogen and oxygen atoms in total. The molecule has 2 N–H and O–H groups in total. The third-order valence-electron chi connectivity index (χ3n) is 4.51. The summed E-state index contributed by atoms with van der Waals surface area (Å²) in [5.41, 5.74) is 1.41. The van der Waals surface area contributed by atoms with Gasteiger partial charge in [0.2, 0.25) is 0 Å². The number of alkyl halides is 3. The molecular weight excluding hydrogens is 428 g/mol. The summed E-state index contributed by atoms with van der Waals surface area (Å²) in [7, 11) is 0. The lowest BCUT2D eigenvalue weighted by atomic mass is 9.97. The van der Waals surface area contributed by atoms with Crippen molar-refractivity contribution in [1.82, 2.24) is 0 Å². The second kappa shape index (κ2) is 10.8. The molecule has 0 saturated carbocycles. The molecule has 0 amide bonds. The minimum atomic E-state index is -4.31. The van der Waals surface area contributed by atoms with Gasteiger partial charge in [-0.3, -0.25) is 0 Å². The van der Waals surface area contributed by atoms with Crippen molar-refractivity contribution in [3.05, 3.63) is 70.1 Å². The number of hydrogen-bond acceptors (Lipinski definition) is 3. The van der Waals surface area contributed by atoms with Crippen LogP contribution >= 0.6 is 0 Å². The summed E-state index contributed by atoms with van der Waals surface area (Å²) in [6.45, 7) is 3.38. The van der Waals surface area contributed by atoms with Crippen LogP contribution in [0.25, 0.3) is 12.2 Å². The molecule has 0 atom stereocenters. The zero-order chi connectivity index (χ0) is 23.9. The molecule has 0 bridgehead atoms. The molecule has 0 fully saturated rings. The van der Waals surface area contributed by atoms with Gasteiger partial charge in [0, 0.05) is 12.0 Å². The van der Waals surface area contributed by atoms with Crippen LogP contribution in [0.2, 0.25) is 0 Å². The van der Waals surface area contributed by atoms with E-state index in [-0.39, 0.29) is 41.9 Å². The predicted octanol–water partition coefficient (Wildman–Crippen LogP) is 6.63. The monoisotopic (exact) mass is 452 g/mol. The van der Waals surface area contributed by atoms with E-state index in [2.05, 4.69) is 0 Å². The van der Waals surface area contributed by atoms with Crippen molar-refractivity contribution in [2.75, 3.05) is 6.61 Å². The van der Waals surface area contributed by atoms with Gasteiger partial charge in [0.05, 0.1) is 6.61 Å². The van der Waals surface area contributed by atoms with Gasteiger partial charge in [-0.25, -0.2) is 9.18 Å². The van der Waals surface area contributed by atoms with Gasteiger partial charge in [-0.05, 0) is 56.0 Å². The molecule has 0 saturated heterocycles. The normalized spacial score (nSPS) is 11.6. The summed E-state index contributed by atoms with van der Waals surface area (Å²) in [5.74, 6) is -2.21. The number of allylic oxidation sites excluding steroid dienone is 2. The predicted molar refractivity (Wildman–Crippen MR) is 114 cm³/mol. The summed E-state index contributed by atoms with van der Waals surface area (Å²) in [6.07, 6.45) is -0.775. The minimum absolute atomic E-state index is 0.103. The Kier molecular flexibility index (Phi) is 8.46. The molecular formula is C24H24F4O4. The third kappa shape index (κ3) is 7.44. The number of ether oxygens (including phenoxy) is 1. The van der Waals surface area contributed by atoms with Crippen LogP contribution in [0.15, 0.2) is 42.0 Å². The first-order valence-electron chi connectivity index (χ1n) is 9.86. The van der Waals surface area contributed by atoms with Crippen LogP contribution in [0.1, 0.15) is 53.7 Å². The Bertz CT molecular complexity index is 1000. The summed E-state index contributed by atoms with van der Waals surface area (Å²) < 4.78 is 55.9. The Balaban J connectivity index is 2.46. The molecule has 0 aliphatic heterocycles. The number of carboxylic acids is 1. The molecule has 172 valence electrons.